The lowest BCUT2D eigenvalue weighted by Gasteiger charge is -2.09. The minimum absolute atomic E-state index is 0.220. The third kappa shape index (κ3) is 4.64. The van der Waals surface area contributed by atoms with E-state index in [1.54, 1.807) is 6.07 Å². The second-order valence-corrected chi connectivity index (χ2v) is 5.88. The number of hydrogen-bond acceptors (Lipinski definition) is 4. The van der Waals surface area contributed by atoms with Crippen LogP contribution >= 0.6 is 0 Å². The van der Waals surface area contributed by atoms with Crippen molar-refractivity contribution < 1.29 is 4.79 Å². The summed E-state index contributed by atoms with van der Waals surface area (Å²) in [6.45, 7) is 4.34. The number of amides is 1. The molecule has 25 heavy (non-hydrogen) atoms. The number of hydrogen-bond donors (Lipinski definition) is 2. The highest BCUT2D eigenvalue weighted by Crippen LogP contribution is 2.13. The molecule has 0 spiro atoms. The molecule has 5 heteroatoms. The first-order valence-electron chi connectivity index (χ1n) is 8.12. The van der Waals surface area contributed by atoms with E-state index in [4.69, 9.17) is 0 Å². The molecule has 0 radical (unpaired) electrons. The molecule has 0 aliphatic heterocycles. The van der Waals surface area contributed by atoms with Crippen molar-refractivity contribution in [2.75, 3.05) is 5.32 Å². The van der Waals surface area contributed by atoms with Crippen molar-refractivity contribution in [2.45, 2.75) is 20.4 Å². The molecule has 0 bridgehead atoms. The number of para-hydroxylation sites is 1. The minimum Gasteiger partial charge on any atom is -0.347 e. The van der Waals surface area contributed by atoms with Crippen LogP contribution < -0.4 is 10.6 Å². The monoisotopic (exact) mass is 332 g/mol. The average molecular weight is 332 g/mol. The Hall–Kier alpha value is -3.21. The maximum Gasteiger partial charge on any atom is 0.270 e. The lowest BCUT2D eigenvalue weighted by atomic mass is 10.1. The summed E-state index contributed by atoms with van der Waals surface area (Å²) in [4.78, 5) is 21.1. The van der Waals surface area contributed by atoms with Gasteiger partial charge in [0.1, 0.15) is 5.69 Å². The van der Waals surface area contributed by atoms with E-state index in [-0.39, 0.29) is 5.91 Å². The van der Waals surface area contributed by atoms with Gasteiger partial charge in [0.2, 0.25) is 5.95 Å². The van der Waals surface area contributed by atoms with Gasteiger partial charge in [-0.3, -0.25) is 4.79 Å². The van der Waals surface area contributed by atoms with E-state index < -0.39 is 0 Å². The number of carbonyl (C=O) groups excluding carboxylic acids is 1. The molecule has 1 amide bonds. The number of nitrogens with one attached hydrogen (secondary N) is 2. The molecule has 0 saturated carbocycles. The molecular formula is C20H20N4O. The fourth-order valence-electron chi connectivity index (χ4n) is 2.37. The normalized spacial score (nSPS) is 10.3. The smallest absolute Gasteiger partial charge is 0.270 e. The summed E-state index contributed by atoms with van der Waals surface area (Å²) in [6.07, 6.45) is 0. The third-order valence-electron chi connectivity index (χ3n) is 3.69. The summed E-state index contributed by atoms with van der Waals surface area (Å²) < 4.78 is 0. The molecule has 3 rings (SSSR count). The van der Waals surface area contributed by atoms with E-state index in [1.807, 2.05) is 68.4 Å². The summed E-state index contributed by atoms with van der Waals surface area (Å²) >= 11 is 0. The van der Waals surface area contributed by atoms with Crippen molar-refractivity contribution in [2.24, 2.45) is 0 Å². The summed E-state index contributed by atoms with van der Waals surface area (Å²) in [5.74, 6) is 0.189. The zero-order valence-corrected chi connectivity index (χ0v) is 14.3. The van der Waals surface area contributed by atoms with Gasteiger partial charge in [0.05, 0.1) is 0 Å². The Morgan fingerprint density at radius 3 is 2.40 bits per heavy atom. The van der Waals surface area contributed by atoms with Crippen molar-refractivity contribution in [3.05, 3.63) is 83.2 Å². The van der Waals surface area contributed by atoms with E-state index in [2.05, 4.69) is 20.6 Å². The molecule has 5 nitrogen and oxygen atoms in total. The maximum atomic E-state index is 12.4. The van der Waals surface area contributed by atoms with Crippen LogP contribution in [0.1, 0.15) is 27.3 Å². The molecule has 1 heterocycles. The summed E-state index contributed by atoms with van der Waals surface area (Å²) in [5.41, 5.74) is 4.19. The lowest BCUT2D eigenvalue weighted by Crippen LogP contribution is -2.24. The minimum atomic E-state index is -0.220. The molecule has 126 valence electrons. The van der Waals surface area contributed by atoms with Crippen LogP contribution in [0.4, 0.5) is 11.6 Å². The molecule has 0 fully saturated rings. The van der Waals surface area contributed by atoms with Crippen LogP contribution in [-0.2, 0) is 6.54 Å². The number of aryl methyl sites for hydroxylation is 2. The molecule has 0 atom stereocenters. The van der Waals surface area contributed by atoms with Gasteiger partial charge in [-0.25, -0.2) is 9.97 Å². The van der Waals surface area contributed by atoms with E-state index in [0.29, 0.717) is 18.2 Å². The van der Waals surface area contributed by atoms with Gasteiger partial charge >= 0.3 is 0 Å². The van der Waals surface area contributed by atoms with Crippen molar-refractivity contribution >= 4 is 17.5 Å². The Bertz CT molecular complexity index is 861. The molecule has 0 saturated heterocycles. The molecule has 0 unspecified atom stereocenters. The van der Waals surface area contributed by atoms with Crippen LogP contribution in [-0.4, -0.2) is 15.9 Å². The molecule has 1 aromatic heterocycles. The highest BCUT2D eigenvalue weighted by atomic mass is 16.1. The van der Waals surface area contributed by atoms with Gasteiger partial charge in [-0.1, -0.05) is 48.0 Å². The summed E-state index contributed by atoms with van der Waals surface area (Å²) in [5, 5.41) is 6.01. The largest absolute Gasteiger partial charge is 0.347 e. The number of anilines is 2. The van der Waals surface area contributed by atoms with Crippen molar-refractivity contribution in [1.82, 2.24) is 15.3 Å². The molecule has 2 aromatic carbocycles. The van der Waals surface area contributed by atoms with Crippen LogP contribution in [0.3, 0.4) is 0 Å². The standard InChI is InChI=1S/C20H20N4O/c1-14-8-10-16(11-9-14)13-21-19(25)18-12-15(2)22-20(24-18)23-17-6-4-3-5-7-17/h3-12H,13H2,1-2H3,(H,21,25)(H,22,23,24). The maximum absolute atomic E-state index is 12.4. The van der Waals surface area contributed by atoms with E-state index in [0.717, 1.165) is 16.9 Å². The van der Waals surface area contributed by atoms with Crippen LogP contribution in [0.2, 0.25) is 0 Å². The fourth-order valence-corrected chi connectivity index (χ4v) is 2.37. The first-order valence-corrected chi connectivity index (χ1v) is 8.12. The quantitative estimate of drug-likeness (QED) is 0.746. The van der Waals surface area contributed by atoms with Gasteiger partial charge < -0.3 is 10.6 Å². The Labute approximate surface area is 147 Å². The summed E-state index contributed by atoms with van der Waals surface area (Å²) in [6, 6.07) is 19.4. The highest BCUT2D eigenvalue weighted by Gasteiger charge is 2.10. The lowest BCUT2D eigenvalue weighted by molar-refractivity contribution is 0.0945. The number of benzene rings is 2. The van der Waals surface area contributed by atoms with Gasteiger partial charge in [-0.15, -0.1) is 0 Å². The number of aromatic nitrogens is 2. The van der Waals surface area contributed by atoms with Crippen LogP contribution in [0.15, 0.2) is 60.7 Å². The second-order valence-electron chi connectivity index (χ2n) is 5.88. The van der Waals surface area contributed by atoms with Crippen LogP contribution in [0, 0.1) is 13.8 Å². The average Bonchev–Trinajstić information content (AvgIpc) is 2.61. The molecule has 2 N–H and O–H groups in total. The Morgan fingerprint density at radius 2 is 1.68 bits per heavy atom. The highest BCUT2D eigenvalue weighted by molar-refractivity contribution is 5.92. The van der Waals surface area contributed by atoms with E-state index >= 15 is 0 Å². The molecule has 0 aliphatic rings. The number of carbonyl (C=O) groups is 1. The Balaban J connectivity index is 1.70. The zero-order valence-electron chi connectivity index (χ0n) is 14.3. The van der Waals surface area contributed by atoms with E-state index in [1.165, 1.54) is 5.56 Å². The van der Waals surface area contributed by atoms with Crippen LogP contribution in [0.25, 0.3) is 0 Å². The second kappa shape index (κ2) is 7.57. The summed E-state index contributed by atoms with van der Waals surface area (Å²) in [7, 11) is 0. The van der Waals surface area contributed by atoms with Gasteiger partial charge in [0.15, 0.2) is 0 Å². The predicted octanol–water partition coefficient (Wildman–Crippen LogP) is 3.77. The third-order valence-corrected chi connectivity index (χ3v) is 3.69. The van der Waals surface area contributed by atoms with Crippen LogP contribution in [0.5, 0.6) is 0 Å². The van der Waals surface area contributed by atoms with Gasteiger partial charge in [-0.2, -0.15) is 0 Å². The topological polar surface area (TPSA) is 66.9 Å². The first-order chi connectivity index (χ1) is 12.1. The first kappa shape index (κ1) is 16.6. The van der Waals surface area contributed by atoms with Gasteiger partial charge in [0, 0.05) is 17.9 Å². The predicted molar refractivity (Wildman–Crippen MR) is 98.8 cm³/mol. The molecule has 3 aromatic rings. The van der Waals surface area contributed by atoms with Gasteiger partial charge in [0.25, 0.3) is 5.91 Å². The van der Waals surface area contributed by atoms with E-state index in [9.17, 15) is 4.79 Å². The Morgan fingerprint density at radius 1 is 0.960 bits per heavy atom. The van der Waals surface area contributed by atoms with Crippen molar-refractivity contribution in [3.63, 3.8) is 0 Å². The van der Waals surface area contributed by atoms with Gasteiger partial charge in [-0.05, 0) is 37.6 Å². The van der Waals surface area contributed by atoms with Crippen molar-refractivity contribution in [1.29, 1.82) is 0 Å². The zero-order chi connectivity index (χ0) is 17.6. The molecule has 0 aliphatic carbocycles. The number of nitrogens with zero attached hydrogens (tertiary/aromatic N) is 2. The number of rotatable bonds is 5. The van der Waals surface area contributed by atoms with Crippen molar-refractivity contribution in [3.8, 4) is 0 Å². The molecular weight excluding hydrogens is 312 g/mol. The SMILES string of the molecule is Cc1ccc(CNC(=O)c2cc(C)nc(Nc3ccccc3)n2)cc1. The Kier molecular flexibility index (Phi) is 5.04. The fraction of sp³-hybridized carbons (Fsp3) is 0.150.